The molecule has 1 aliphatic heterocycles. The van der Waals surface area contributed by atoms with E-state index in [9.17, 15) is 13.2 Å². The molecular formula is C17H26N2O5S. The van der Waals surface area contributed by atoms with Crippen LogP contribution in [0.25, 0.3) is 0 Å². The van der Waals surface area contributed by atoms with E-state index >= 15 is 0 Å². The Morgan fingerprint density at radius 3 is 2.60 bits per heavy atom. The van der Waals surface area contributed by atoms with Crippen molar-refractivity contribution in [1.82, 2.24) is 4.72 Å². The molecule has 1 atom stereocenters. The van der Waals surface area contributed by atoms with Crippen LogP contribution in [0, 0.1) is 0 Å². The van der Waals surface area contributed by atoms with Gasteiger partial charge in [-0.25, -0.2) is 17.9 Å². The summed E-state index contributed by atoms with van der Waals surface area (Å²) in [4.78, 5) is 11.9. The van der Waals surface area contributed by atoms with Crippen LogP contribution >= 0.6 is 0 Å². The second-order valence-corrected chi connectivity index (χ2v) is 7.81. The number of nitrogens with two attached hydrogens (primary N) is 1. The van der Waals surface area contributed by atoms with E-state index in [1.807, 2.05) is 13.8 Å². The van der Waals surface area contributed by atoms with Gasteiger partial charge in [-0.15, -0.1) is 0 Å². The predicted molar refractivity (Wildman–Crippen MR) is 93.9 cm³/mol. The Bertz CT molecular complexity index is 720. The first-order valence-corrected chi connectivity index (χ1v) is 9.99. The lowest BCUT2D eigenvalue weighted by Gasteiger charge is -2.31. The van der Waals surface area contributed by atoms with E-state index < -0.39 is 27.6 Å². The summed E-state index contributed by atoms with van der Waals surface area (Å²) < 4.78 is 38.7. The topological polar surface area (TPSA) is 108 Å². The zero-order valence-electron chi connectivity index (χ0n) is 14.9. The van der Waals surface area contributed by atoms with Crippen molar-refractivity contribution >= 4 is 16.0 Å². The fourth-order valence-corrected chi connectivity index (χ4v) is 4.43. The fraction of sp³-hybridized carbons (Fsp3) is 0.588. The normalized spacial score (nSPS) is 17.0. The summed E-state index contributed by atoms with van der Waals surface area (Å²) in [5, 5.41) is 0. The van der Waals surface area contributed by atoms with Crippen LogP contribution in [0.2, 0.25) is 0 Å². The van der Waals surface area contributed by atoms with Gasteiger partial charge >= 0.3 is 5.97 Å². The highest BCUT2D eigenvalue weighted by atomic mass is 32.2. The zero-order valence-corrected chi connectivity index (χ0v) is 15.7. The molecule has 25 heavy (non-hydrogen) atoms. The van der Waals surface area contributed by atoms with E-state index in [4.69, 9.17) is 15.2 Å². The molecule has 0 radical (unpaired) electrons. The minimum Gasteiger partial charge on any atom is -0.478 e. The first kappa shape index (κ1) is 19.7. The molecule has 1 unspecified atom stereocenters. The summed E-state index contributed by atoms with van der Waals surface area (Å²) in [6, 6.07) is 4.59. The van der Waals surface area contributed by atoms with Gasteiger partial charge in [-0.2, -0.15) is 0 Å². The number of ether oxygens (including phenoxy) is 2. The minimum absolute atomic E-state index is 0.138. The molecule has 8 heteroatoms. The maximum atomic E-state index is 12.7. The second kappa shape index (κ2) is 7.72. The number of hydrogen-bond acceptors (Lipinski definition) is 6. The monoisotopic (exact) mass is 370 g/mol. The van der Waals surface area contributed by atoms with Crippen molar-refractivity contribution in [1.29, 1.82) is 0 Å². The molecule has 0 saturated carbocycles. The van der Waals surface area contributed by atoms with Crippen molar-refractivity contribution in [2.24, 2.45) is 5.73 Å². The summed E-state index contributed by atoms with van der Waals surface area (Å²) in [5.41, 5.74) is 5.79. The Hall–Kier alpha value is -1.64. The average molecular weight is 370 g/mol. The van der Waals surface area contributed by atoms with E-state index in [2.05, 4.69) is 4.72 Å². The lowest BCUT2D eigenvalue weighted by Crippen LogP contribution is -2.52. The molecular weight excluding hydrogens is 344 g/mol. The summed E-state index contributed by atoms with van der Waals surface area (Å²) in [6.45, 7) is 6.02. The number of rotatable bonds is 8. The Morgan fingerprint density at radius 2 is 2.04 bits per heavy atom. The van der Waals surface area contributed by atoms with Gasteiger partial charge in [0.25, 0.3) is 0 Å². The summed E-state index contributed by atoms with van der Waals surface area (Å²) in [6.07, 6.45) is 0.757. The smallest absolute Gasteiger partial charge is 0.347 e. The number of hydrogen-bond donors (Lipinski definition) is 2. The number of fused-ring (bicyclic) bond motifs is 1. The maximum absolute atomic E-state index is 12.7. The third kappa shape index (κ3) is 4.13. The summed E-state index contributed by atoms with van der Waals surface area (Å²) in [7, 11) is -3.73. The van der Waals surface area contributed by atoms with Gasteiger partial charge in [-0.1, -0.05) is 13.8 Å². The van der Waals surface area contributed by atoms with Gasteiger partial charge in [0, 0.05) is 18.5 Å². The van der Waals surface area contributed by atoms with Crippen LogP contribution in [0.5, 0.6) is 5.75 Å². The van der Waals surface area contributed by atoms with Crippen molar-refractivity contribution in [2.45, 2.75) is 56.6 Å². The van der Waals surface area contributed by atoms with Crippen molar-refractivity contribution in [2.75, 3.05) is 13.2 Å². The molecule has 3 N–H and O–H groups in total. The largest absolute Gasteiger partial charge is 0.478 e. The number of benzene rings is 1. The van der Waals surface area contributed by atoms with Gasteiger partial charge in [0.2, 0.25) is 10.0 Å². The SMILES string of the molecule is CCOC(=O)C1Cc2cc(S(=O)(=O)NC(CC)(CC)CN)ccc2O1. The predicted octanol–water partition coefficient (Wildman–Crippen LogP) is 1.35. The summed E-state index contributed by atoms with van der Waals surface area (Å²) in [5.74, 6) is 0.0634. The van der Waals surface area contributed by atoms with E-state index in [1.165, 1.54) is 6.07 Å². The molecule has 0 aromatic heterocycles. The highest BCUT2D eigenvalue weighted by molar-refractivity contribution is 7.89. The first-order chi connectivity index (χ1) is 11.8. The van der Waals surface area contributed by atoms with Gasteiger partial charge in [0.05, 0.1) is 11.5 Å². The highest BCUT2D eigenvalue weighted by Crippen LogP contribution is 2.32. The van der Waals surface area contributed by atoms with E-state index in [-0.39, 0.29) is 18.0 Å². The van der Waals surface area contributed by atoms with E-state index in [0.29, 0.717) is 30.6 Å². The van der Waals surface area contributed by atoms with Crippen LogP contribution in [-0.4, -0.2) is 39.2 Å². The molecule has 1 aromatic rings. The minimum atomic E-state index is -3.73. The average Bonchev–Trinajstić information content (AvgIpc) is 3.03. The number of carbonyl (C=O) groups is 1. The van der Waals surface area contributed by atoms with Crippen molar-refractivity contribution in [3.63, 3.8) is 0 Å². The molecule has 1 aromatic carbocycles. The fourth-order valence-electron chi connectivity index (χ4n) is 2.83. The van der Waals surface area contributed by atoms with Crippen LogP contribution in [0.4, 0.5) is 0 Å². The molecule has 7 nitrogen and oxygen atoms in total. The van der Waals surface area contributed by atoms with Gasteiger partial charge in [0.1, 0.15) is 5.75 Å². The van der Waals surface area contributed by atoms with Crippen LogP contribution in [0.3, 0.4) is 0 Å². The molecule has 0 saturated heterocycles. The zero-order chi connectivity index (χ0) is 18.7. The molecule has 1 aliphatic rings. The van der Waals surface area contributed by atoms with Crippen molar-refractivity contribution in [3.8, 4) is 5.75 Å². The van der Waals surface area contributed by atoms with Crippen LogP contribution < -0.4 is 15.2 Å². The lowest BCUT2D eigenvalue weighted by atomic mass is 9.95. The molecule has 2 rings (SSSR count). The van der Waals surface area contributed by atoms with Crippen LogP contribution in [0.1, 0.15) is 39.2 Å². The molecule has 0 spiro atoms. The Kier molecular flexibility index (Phi) is 6.08. The summed E-state index contributed by atoms with van der Waals surface area (Å²) >= 11 is 0. The number of nitrogens with one attached hydrogen (secondary N) is 1. The van der Waals surface area contributed by atoms with Gasteiger partial charge in [0.15, 0.2) is 6.10 Å². The molecule has 1 heterocycles. The number of carbonyl (C=O) groups excluding carboxylic acids is 1. The Morgan fingerprint density at radius 1 is 1.36 bits per heavy atom. The van der Waals surface area contributed by atoms with Gasteiger partial charge < -0.3 is 15.2 Å². The van der Waals surface area contributed by atoms with Gasteiger partial charge in [-0.05, 0) is 43.5 Å². The third-order valence-electron chi connectivity index (χ3n) is 4.66. The quantitative estimate of drug-likeness (QED) is 0.669. The lowest BCUT2D eigenvalue weighted by molar-refractivity contribution is -0.150. The molecule has 0 fully saturated rings. The van der Waals surface area contributed by atoms with Crippen LogP contribution in [0.15, 0.2) is 23.1 Å². The van der Waals surface area contributed by atoms with Crippen molar-refractivity contribution < 1.29 is 22.7 Å². The third-order valence-corrected chi connectivity index (χ3v) is 6.24. The maximum Gasteiger partial charge on any atom is 0.347 e. The first-order valence-electron chi connectivity index (χ1n) is 8.51. The molecule has 140 valence electrons. The molecule has 0 aliphatic carbocycles. The highest BCUT2D eigenvalue weighted by Gasteiger charge is 2.34. The van der Waals surface area contributed by atoms with Crippen LogP contribution in [-0.2, 0) is 26.0 Å². The number of sulfonamides is 1. The van der Waals surface area contributed by atoms with E-state index in [0.717, 1.165) is 0 Å². The Balaban J connectivity index is 2.23. The molecule has 0 amide bonds. The standard InChI is InChI=1S/C17H26N2O5S/c1-4-17(5-2,11-18)19-25(21,22)13-7-8-14-12(9-13)10-15(24-14)16(20)23-6-3/h7-9,15,19H,4-6,10-11,18H2,1-3H3. The number of esters is 1. The van der Waals surface area contributed by atoms with Gasteiger partial charge in [-0.3, -0.25) is 0 Å². The van der Waals surface area contributed by atoms with E-state index in [1.54, 1.807) is 19.1 Å². The Labute approximate surface area is 148 Å². The molecule has 0 bridgehead atoms. The second-order valence-electron chi connectivity index (χ2n) is 6.13. The van der Waals surface area contributed by atoms with Crippen molar-refractivity contribution in [3.05, 3.63) is 23.8 Å².